The molecule has 2 heterocycles. The summed E-state index contributed by atoms with van der Waals surface area (Å²) >= 11 is 0. The lowest BCUT2D eigenvalue weighted by molar-refractivity contribution is 0.327. The molecule has 4 rings (SSSR count). The highest BCUT2D eigenvalue weighted by atomic mass is 15.3. The van der Waals surface area contributed by atoms with Crippen LogP contribution in [-0.2, 0) is 13.1 Å². The molecule has 0 saturated heterocycles. The zero-order valence-corrected chi connectivity index (χ0v) is 18.3. The van der Waals surface area contributed by atoms with Crippen molar-refractivity contribution in [3.8, 4) is 6.07 Å². The van der Waals surface area contributed by atoms with Gasteiger partial charge in [0.25, 0.3) is 0 Å². The fraction of sp³-hybridized carbons (Fsp3) is 0.192. The van der Waals surface area contributed by atoms with Gasteiger partial charge in [0.05, 0.1) is 28.7 Å². The average Bonchev–Trinajstić information content (AvgIpc) is 3.21. The number of aromatic amines is 1. The number of nitrogens with zero attached hydrogens (tertiary/aromatic N) is 4. The fourth-order valence-corrected chi connectivity index (χ4v) is 3.93. The summed E-state index contributed by atoms with van der Waals surface area (Å²) < 4.78 is 0. The molecule has 1 aliphatic heterocycles. The summed E-state index contributed by atoms with van der Waals surface area (Å²) in [6.45, 7) is 7.69. The van der Waals surface area contributed by atoms with Gasteiger partial charge < -0.3 is 10.2 Å². The van der Waals surface area contributed by atoms with Crippen molar-refractivity contribution in [1.82, 2.24) is 15.1 Å². The van der Waals surface area contributed by atoms with Crippen LogP contribution in [0.5, 0.6) is 0 Å². The third kappa shape index (κ3) is 4.33. The van der Waals surface area contributed by atoms with E-state index in [2.05, 4.69) is 62.3 Å². The Labute approximate surface area is 188 Å². The second kappa shape index (κ2) is 9.36. The van der Waals surface area contributed by atoms with Gasteiger partial charge in [-0.15, -0.1) is 0 Å². The molecule has 6 heteroatoms. The number of benzene rings is 2. The van der Waals surface area contributed by atoms with Crippen molar-refractivity contribution in [3.63, 3.8) is 0 Å². The number of hydrogen-bond donors (Lipinski definition) is 2. The Hall–Kier alpha value is -4.11. The van der Waals surface area contributed by atoms with Gasteiger partial charge in [0.1, 0.15) is 0 Å². The zero-order valence-electron chi connectivity index (χ0n) is 18.3. The first-order chi connectivity index (χ1) is 15.6. The smallest absolute Gasteiger partial charge is 0.0991 e. The monoisotopic (exact) mass is 422 g/mol. The quantitative estimate of drug-likeness (QED) is 0.420. The molecule has 1 aliphatic rings. The van der Waals surface area contributed by atoms with Gasteiger partial charge in [0, 0.05) is 43.3 Å². The van der Waals surface area contributed by atoms with Crippen LogP contribution >= 0.6 is 0 Å². The largest absolute Gasteiger partial charge is 0.350 e. The van der Waals surface area contributed by atoms with Crippen LogP contribution in [-0.4, -0.2) is 28.4 Å². The maximum atomic E-state index is 9.02. The first-order valence-corrected chi connectivity index (χ1v) is 10.6. The molecular weight excluding hydrogens is 396 g/mol. The highest BCUT2D eigenvalue weighted by molar-refractivity contribution is 5.88. The molecule has 0 fully saturated rings. The summed E-state index contributed by atoms with van der Waals surface area (Å²) in [7, 11) is 1.76. The topological polar surface area (TPSA) is 80.1 Å². The molecular formula is C26H26N6. The maximum absolute atomic E-state index is 9.02. The van der Waals surface area contributed by atoms with Crippen LogP contribution in [0.4, 0.5) is 5.69 Å². The summed E-state index contributed by atoms with van der Waals surface area (Å²) in [6, 6.07) is 14.2. The zero-order chi connectivity index (χ0) is 22.5. The van der Waals surface area contributed by atoms with E-state index in [1.165, 1.54) is 5.56 Å². The SMILES string of the molecule is C=C1Nc2cc3[nH]nc(C(/C=C/C)/C=C/C=N\C)c3cc2CN1Cc1ccc(C#N)cc1. The van der Waals surface area contributed by atoms with E-state index < -0.39 is 0 Å². The van der Waals surface area contributed by atoms with Crippen LogP contribution in [0, 0.1) is 11.3 Å². The Morgan fingerprint density at radius 2 is 2.09 bits per heavy atom. The lowest BCUT2D eigenvalue weighted by atomic mass is 9.98. The molecule has 2 aromatic carbocycles. The fourth-order valence-electron chi connectivity index (χ4n) is 3.93. The first kappa shape index (κ1) is 21.1. The Morgan fingerprint density at radius 3 is 2.81 bits per heavy atom. The number of hydrogen-bond acceptors (Lipinski definition) is 5. The summed E-state index contributed by atoms with van der Waals surface area (Å²) in [5.74, 6) is 0.917. The Kier molecular flexibility index (Phi) is 6.18. The van der Waals surface area contributed by atoms with E-state index in [1.807, 2.05) is 43.3 Å². The van der Waals surface area contributed by atoms with Gasteiger partial charge >= 0.3 is 0 Å². The van der Waals surface area contributed by atoms with Crippen molar-refractivity contribution in [2.45, 2.75) is 25.9 Å². The number of nitrogens with one attached hydrogen (secondary N) is 2. The molecule has 160 valence electrons. The molecule has 6 nitrogen and oxygen atoms in total. The molecule has 1 unspecified atom stereocenters. The third-order valence-corrected chi connectivity index (χ3v) is 5.56. The standard InChI is InChI=1S/C26H26N6/c1-4-6-21(7-5-12-28-3)26-23-13-22-17-32(16-20-10-8-19(15-27)9-11-20)18(2)29-24(22)14-25(23)30-31-26/h4-14,21,29H,2,16-17H2,1,3H3,(H,30,31)/b6-4+,7-5+,28-12-. The molecule has 0 bridgehead atoms. The minimum Gasteiger partial charge on any atom is -0.350 e. The minimum atomic E-state index is 0.0612. The van der Waals surface area contributed by atoms with Gasteiger partial charge in [-0.25, -0.2) is 0 Å². The number of aliphatic imine (C=N–C) groups is 1. The molecule has 3 aromatic rings. The van der Waals surface area contributed by atoms with Crippen LogP contribution in [0.1, 0.15) is 35.2 Å². The van der Waals surface area contributed by atoms with Crippen molar-refractivity contribution in [2.75, 3.05) is 12.4 Å². The van der Waals surface area contributed by atoms with Crippen LogP contribution in [0.2, 0.25) is 0 Å². The minimum absolute atomic E-state index is 0.0612. The number of nitriles is 1. The van der Waals surface area contributed by atoms with Gasteiger partial charge in [0.15, 0.2) is 0 Å². The second-order valence-electron chi connectivity index (χ2n) is 7.74. The van der Waals surface area contributed by atoms with Crippen LogP contribution in [0.15, 0.2) is 78.1 Å². The van der Waals surface area contributed by atoms with E-state index in [-0.39, 0.29) is 5.92 Å². The predicted octanol–water partition coefficient (Wildman–Crippen LogP) is 5.25. The van der Waals surface area contributed by atoms with Gasteiger partial charge in [0.2, 0.25) is 0 Å². The van der Waals surface area contributed by atoms with Crippen molar-refractivity contribution < 1.29 is 0 Å². The normalized spacial score (nSPS) is 14.9. The summed E-state index contributed by atoms with van der Waals surface area (Å²) in [6.07, 6.45) is 10.0. The van der Waals surface area contributed by atoms with Crippen molar-refractivity contribution >= 4 is 22.8 Å². The van der Waals surface area contributed by atoms with Gasteiger partial charge in [-0.1, -0.05) is 36.9 Å². The van der Waals surface area contributed by atoms with E-state index in [0.717, 1.165) is 40.2 Å². The number of rotatable bonds is 6. The molecule has 0 radical (unpaired) electrons. The van der Waals surface area contributed by atoms with E-state index in [0.29, 0.717) is 12.1 Å². The lowest BCUT2D eigenvalue weighted by Gasteiger charge is -2.33. The molecule has 0 spiro atoms. The molecule has 0 aliphatic carbocycles. The summed E-state index contributed by atoms with van der Waals surface area (Å²) in [5, 5.41) is 21.4. The molecule has 32 heavy (non-hydrogen) atoms. The molecule has 0 amide bonds. The molecule has 1 atom stereocenters. The van der Waals surface area contributed by atoms with Crippen molar-refractivity contribution in [2.24, 2.45) is 4.99 Å². The Balaban J connectivity index is 1.64. The van der Waals surface area contributed by atoms with Crippen LogP contribution < -0.4 is 5.32 Å². The first-order valence-electron chi connectivity index (χ1n) is 10.6. The van der Waals surface area contributed by atoms with E-state index in [4.69, 9.17) is 5.26 Å². The molecule has 0 saturated carbocycles. The van der Waals surface area contributed by atoms with Crippen molar-refractivity contribution in [3.05, 3.63) is 95.5 Å². The van der Waals surface area contributed by atoms with E-state index in [1.54, 1.807) is 13.3 Å². The van der Waals surface area contributed by atoms with Crippen LogP contribution in [0.3, 0.4) is 0 Å². The number of fused-ring (bicyclic) bond motifs is 2. The summed E-state index contributed by atoms with van der Waals surface area (Å²) in [4.78, 5) is 6.23. The van der Waals surface area contributed by atoms with Crippen molar-refractivity contribution in [1.29, 1.82) is 5.26 Å². The number of H-pyrrole nitrogens is 1. The molecule has 1 aromatic heterocycles. The average molecular weight is 423 g/mol. The van der Waals surface area contributed by atoms with Crippen LogP contribution in [0.25, 0.3) is 10.9 Å². The lowest BCUT2D eigenvalue weighted by Crippen LogP contribution is -2.30. The van der Waals surface area contributed by atoms with E-state index >= 15 is 0 Å². The highest BCUT2D eigenvalue weighted by Gasteiger charge is 2.22. The predicted molar refractivity (Wildman–Crippen MR) is 130 cm³/mol. The van der Waals surface area contributed by atoms with Gasteiger partial charge in [-0.3, -0.25) is 10.1 Å². The van der Waals surface area contributed by atoms with Gasteiger partial charge in [-0.05, 0) is 48.4 Å². The second-order valence-corrected chi connectivity index (χ2v) is 7.74. The Morgan fingerprint density at radius 1 is 1.28 bits per heavy atom. The van der Waals surface area contributed by atoms with Gasteiger partial charge in [-0.2, -0.15) is 10.4 Å². The summed E-state index contributed by atoms with van der Waals surface area (Å²) in [5.41, 5.74) is 6.02. The number of anilines is 1. The third-order valence-electron chi connectivity index (χ3n) is 5.56. The molecule has 2 N–H and O–H groups in total. The Bertz CT molecular complexity index is 1250. The highest BCUT2D eigenvalue weighted by Crippen LogP contribution is 2.34. The number of aromatic nitrogens is 2. The number of allylic oxidation sites excluding steroid dienone is 4. The maximum Gasteiger partial charge on any atom is 0.0991 e. The van der Waals surface area contributed by atoms with E-state index in [9.17, 15) is 0 Å².